The summed E-state index contributed by atoms with van der Waals surface area (Å²) in [5.74, 6) is 1.34. The molecule has 0 bridgehead atoms. The maximum atomic E-state index is 12.3. The van der Waals surface area contributed by atoms with Crippen molar-refractivity contribution in [1.29, 1.82) is 5.26 Å². The summed E-state index contributed by atoms with van der Waals surface area (Å²) >= 11 is 0. The summed E-state index contributed by atoms with van der Waals surface area (Å²) in [6.07, 6.45) is 5.76. The van der Waals surface area contributed by atoms with Crippen LogP contribution in [0.2, 0.25) is 0 Å². The first kappa shape index (κ1) is 17.8. The molecule has 1 saturated carbocycles. The van der Waals surface area contributed by atoms with Crippen LogP contribution in [0.4, 0.5) is 5.82 Å². The SMILES string of the molecule is N#Cc1ccc(N2CCN(Cc3cnc4cc(C5CC5)c(=O)[nH]c4c3)CC2)nc1.[HH]. The highest BCUT2D eigenvalue weighted by molar-refractivity contribution is 5.75. The molecule has 0 radical (unpaired) electrons. The van der Waals surface area contributed by atoms with E-state index in [-0.39, 0.29) is 6.99 Å². The van der Waals surface area contributed by atoms with Gasteiger partial charge in [0.05, 0.1) is 16.6 Å². The van der Waals surface area contributed by atoms with E-state index in [2.05, 4.69) is 36.9 Å². The Morgan fingerprint density at radius 1 is 1.14 bits per heavy atom. The Labute approximate surface area is 170 Å². The Hall–Kier alpha value is -3.24. The van der Waals surface area contributed by atoms with Gasteiger partial charge in [0.25, 0.3) is 5.56 Å². The lowest BCUT2D eigenvalue weighted by Gasteiger charge is -2.35. The number of piperazine rings is 1. The average Bonchev–Trinajstić information content (AvgIpc) is 3.59. The standard InChI is InChI=1S/C22H22N6O.H2/c23-11-15-1-4-21(25-12-15)28-7-5-27(6-8-28)14-16-9-20-19(24-13-16)10-18(17-2-3-17)22(29)26-20;/h1,4,9-10,12-13,17H,2-3,5-8,14H2,(H,26,29);1H. The molecule has 0 unspecified atom stereocenters. The van der Waals surface area contributed by atoms with Gasteiger partial charge in [-0.2, -0.15) is 5.26 Å². The molecule has 2 fully saturated rings. The molecule has 1 aliphatic heterocycles. The fourth-order valence-corrected chi connectivity index (χ4v) is 3.96. The molecule has 5 rings (SSSR count). The monoisotopic (exact) mass is 388 g/mol. The van der Waals surface area contributed by atoms with Gasteiger partial charge >= 0.3 is 0 Å². The molecule has 0 atom stereocenters. The number of H-pyrrole nitrogens is 1. The lowest BCUT2D eigenvalue weighted by Crippen LogP contribution is -2.46. The molecule has 7 nitrogen and oxygen atoms in total. The van der Waals surface area contributed by atoms with E-state index in [0.717, 1.165) is 73.5 Å². The molecule has 3 aromatic rings. The van der Waals surface area contributed by atoms with Crippen molar-refractivity contribution < 1.29 is 1.43 Å². The zero-order valence-corrected chi connectivity index (χ0v) is 16.1. The molecule has 1 N–H and O–H groups in total. The van der Waals surface area contributed by atoms with Crippen LogP contribution in [-0.4, -0.2) is 46.0 Å². The van der Waals surface area contributed by atoms with Gasteiger partial charge in [-0.3, -0.25) is 14.7 Å². The van der Waals surface area contributed by atoms with Crippen LogP contribution in [0, 0.1) is 11.3 Å². The predicted molar refractivity (Wildman–Crippen MR) is 113 cm³/mol. The summed E-state index contributed by atoms with van der Waals surface area (Å²) in [6, 6.07) is 9.83. The number of hydrogen-bond donors (Lipinski definition) is 1. The number of fused-ring (bicyclic) bond motifs is 1. The summed E-state index contributed by atoms with van der Waals surface area (Å²) in [4.78, 5) is 28.9. The first-order valence-corrected chi connectivity index (χ1v) is 10.0. The Morgan fingerprint density at radius 3 is 2.66 bits per heavy atom. The van der Waals surface area contributed by atoms with Gasteiger partial charge in [0, 0.05) is 52.1 Å². The predicted octanol–water partition coefficient (Wildman–Crippen LogP) is 2.64. The van der Waals surface area contributed by atoms with Gasteiger partial charge in [0.1, 0.15) is 11.9 Å². The van der Waals surface area contributed by atoms with Gasteiger partial charge in [0.15, 0.2) is 0 Å². The number of nitrogens with zero attached hydrogens (tertiary/aromatic N) is 5. The number of aromatic amines is 1. The average molecular weight is 388 g/mol. The second kappa shape index (κ2) is 7.30. The molecular weight excluding hydrogens is 364 g/mol. The van der Waals surface area contributed by atoms with Gasteiger partial charge < -0.3 is 9.88 Å². The first-order valence-electron chi connectivity index (χ1n) is 10.0. The van der Waals surface area contributed by atoms with E-state index in [1.54, 1.807) is 6.20 Å². The second-order valence-electron chi connectivity index (χ2n) is 7.88. The Kier molecular flexibility index (Phi) is 4.49. The molecule has 7 heteroatoms. The van der Waals surface area contributed by atoms with Crippen LogP contribution in [0.25, 0.3) is 11.0 Å². The molecule has 2 aliphatic rings. The van der Waals surface area contributed by atoms with Crippen molar-refractivity contribution in [3.63, 3.8) is 0 Å². The molecule has 3 aromatic heterocycles. The topological polar surface area (TPSA) is 88.9 Å². The van der Waals surface area contributed by atoms with E-state index < -0.39 is 0 Å². The highest BCUT2D eigenvalue weighted by Crippen LogP contribution is 2.38. The maximum Gasteiger partial charge on any atom is 0.252 e. The number of pyridine rings is 3. The molecule has 0 amide bonds. The number of hydrogen-bond acceptors (Lipinski definition) is 6. The summed E-state index contributed by atoms with van der Waals surface area (Å²) in [7, 11) is 0. The van der Waals surface area contributed by atoms with Gasteiger partial charge in [-0.25, -0.2) is 4.98 Å². The molecule has 1 saturated heterocycles. The van der Waals surface area contributed by atoms with Crippen molar-refractivity contribution >= 4 is 16.9 Å². The number of anilines is 1. The zero-order chi connectivity index (χ0) is 19.8. The van der Waals surface area contributed by atoms with Crippen molar-refractivity contribution in [1.82, 2.24) is 19.9 Å². The molecule has 4 heterocycles. The number of nitrogens with one attached hydrogen (secondary N) is 1. The normalized spacial score (nSPS) is 17.4. The zero-order valence-electron chi connectivity index (χ0n) is 16.1. The van der Waals surface area contributed by atoms with Crippen molar-refractivity contribution in [3.8, 4) is 6.07 Å². The van der Waals surface area contributed by atoms with Crippen LogP contribution in [-0.2, 0) is 6.54 Å². The highest BCUT2D eigenvalue weighted by atomic mass is 16.1. The summed E-state index contributed by atoms with van der Waals surface area (Å²) < 4.78 is 0. The van der Waals surface area contributed by atoms with E-state index in [1.807, 2.05) is 24.4 Å². The lowest BCUT2D eigenvalue weighted by molar-refractivity contribution is 0.249. The third-order valence-electron chi connectivity index (χ3n) is 5.77. The smallest absolute Gasteiger partial charge is 0.252 e. The van der Waals surface area contributed by atoms with Gasteiger partial charge in [-0.15, -0.1) is 0 Å². The van der Waals surface area contributed by atoms with Crippen LogP contribution in [0.3, 0.4) is 0 Å². The molecule has 148 valence electrons. The number of aromatic nitrogens is 3. The van der Waals surface area contributed by atoms with Crippen LogP contribution in [0.15, 0.2) is 41.5 Å². The van der Waals surface area contributed by atoms with Crippen molar-refractivity contribution in [2.75, 3.05) is 31.1 Å². The van der Waals surface area contributed by atoms with Crippen LogP contribution in [0.5, 0.6) is 0 Å². The maximum absolute atomic E-state index is 12.3. The van der Waals surface area contributed by atoms with Gasteiger partial charge in [-0.1, -0.05) is 0 Å². The van der Waals surface area contributed by atoms with E-state index in [1.165, 1.54) is 0 Å². The third-order valence-corrected chi connectivity index (χ3v) is 5.77. The van der Waals surface area contributed by atoms with E-state index >= 15 is 0 Å². The third kappa shape index (κ3) is 3.71. The molecule has 0 spiro atoms. The van der Waals surface area contributed by atoms with Crippen LogP contribution < -0.4 is 10.5 Å². The largest absolute Gasteiger partial charge is 0.354 e. The quantitative estimate of drug-likeness (QED) is 0.739. The molecule has 1 aliphatic carbocycles. The van der Waals surface area contributed by atoms with Crippen molar-refractivity contribution in [2.24, 2.45) is 0 Å². The Morgan fingerprint density at radius 2 is 1.97 bits per heavy atom. The van der Waals surface area contributed by atoms with Crippen molar-refractivity contribution in [2.45, 2.75) is 25.3 Å². The van der Waals surface area contributed by atoms with E-state index in [9.17, 15) is 4.79 Å². The van der Waals surface area contributed by atoms with E-state index in [0.29, 0.717) is 11.5 Å². The second-order valence-corrected chi connectivity index (χ2v) is 7.88. The molecule has 0 aromatic carbocycles. The van der Waals surface area contributed by atoms with Gasteiger partial charge in [-0.05, 0) is 48.6 Å². The minimum absolute atomic E-state index is 0. The van der Waals surface area contributed by atoms with E-state index in [4.69, 9.17) is 5.26 Å². The molecule has 29 heavy (non-hydrogen) atoms. The minimum atomic E-state index is 0. The van der Waals surface area contributed by atoms with Gasteiger partial charge in [0.2, 0.25) is 0 Å². The Bertz CT molecular complexity index is 1140. The van der Waals surface area contributed by atoms with Crippen LogP contribution >= 0.6 is 0 Å². The first-order chi connectivity index (χ1) is 14.2. The summed E-state index contributed by atoms with van der Waals surface area (Å²) in [6.45, 7) is 4.45. The lowest BCUT2D eigenvalue weighted by atomic mass is 10.1. The summed E-state index contributed by atoms with van der Waals surface area (Å²) in [5.41, 5.74) is 4.28. The van der Waals surface area contributed by atoms with Crippen molar-refractivity contribution in [3.05, 3.63) is 63.7 Å². The number of rotatable bonds is 4. The summed E-state index contributed by atoms with van der Waals surface area (Å²) in [5, 5.41) is 8.90. The fraction of sp³-hybridized carbons (Fsp3) is 0.364. The fourth-order valence-electron chi connectivity index (χ4n) is 3.96. The number of nitriles is 1. The van der Waals surface area contributed by atoms with Crippen LogP contribution in [0.1, 0.15) is 36.9 Å². The minimum Gasteiger partial charge on any atom is -0.354 e. The highest BCUT2D eigenvalue weighted by Gasteiger charge is 2.26. The Balaban J connectivity index is 0.00000218. The molecular formula is C22H24N6O.